The first kappa shape index (κ1) is 14.5. The SMILES string of the molecule is CCN(CC1CCCO1)c1ccc(C(C)=O)cc1Br. The lowest BCUT2D eigenvalue weighted by atomic mass is 10.1. The maximum Gasteiger partial charge on any atom is 0.159 e. The summed E-state index contributed by atoms with van der Waals surface area (Å²) in [5.41, 5.74) is 1.87. The summed E-state index contributed by atoms with van der Waals surface area (Å²) in [6, 6.07) is 5.80. The van der Waals surface area contributed by atoms with Crippen molar-refractivity contribution in [2.45, 2.75) is 32.8 Å². The number of Topliss-reactive ketones (excluding diaryl/α,β-unsaturated/α-hetero) is 1. The van der Waals surface area contributed by atoms with Crippen molar-refractivity contribution in [3.63, 3.8) is 0 Å². The van der Waals surface area contributed by atoms with E-state index < -0.39 is 0 Å². The zero-order valence-electron chi connectivity index (χ0n) is 11.5. The van der Waals surface area contributed by atoms with Crippen LogP contribution in [0.2, 0.25) is 0 Å². The molecule has 4 heteroatoms. The van der Waals surface area contributed by atoms with E-state index in [0.29, 0.717) is 6.10 Å². The third-order valence-corrected chi connectivity index (χ3v) is 4.16. The number of ketones is 1. The van der Waals surface area contributed by atoms with Gasteiger partial charge in [-0.2, -0.15) is 0 Å². The van der Waals surface area contributed by atoms with Gasteiger partial charge in [-0.25, -0.2) is 0 Å². The van der Waals surface area contributed by atoms with Gasteiger partial charge in [-0.1, -0.05) is 0 Å². The minimum absolute atomic E-state index is 0.0921. The summed E-state index contributed by atoms with van der Waals surface area (Å²) < 4.78 is 6.67. The molecule has 0 aromatic heterocycles. The molecule has 1 heterocycles. The fourth-order valence-electron chi connectivity index (χ4n) is 2.41. The molecule has 0 N–H and O–H groups in total. The number of ether oxygens (including phenoxy) is 1. The van der Waals surface area contributed by atoms with Gasteiger partial charge in [0.15, 0.2) is 5.78 Å². The number of anilines is 1. The maximum absolute atomic E-state index is 11.4. The highest BCUT2D eigenvalue weighted by molar-refractivity contribution is 9.10. The largest absolute Gasteiger partial charge is 0.376 e. The van der Waals surface area contributed by atoms with Gasteiger partial charge in [0.05, 0.1) is 11.8 Å². The van der Waals surface area contributed by atoms with E-state index in [2.05, 4.69) is 27.8 Å². The zero-order chi connectivity index (χ0) is 13.8. The number of carbonyl (C=O) groups is 1. The molecule has 19 heavy (non-hydrogen) atoms. The Kier molecular flexibility index (Phi) is 4.99. The van der Waals surface area contributed by atoms with Gasteiger partial charge in [-0.05, 0) is 60.8 Å². The normalized spacial score (nSPS) is 18.6. The van der Waals surface area contributed by atoms with E-state index in [1.807, 2.05) is 18.2 Å². The van der Waals surface area contributed by atoms with Crippen molar-refractivity contribution in [3.8, 4) is 0 Å². The third kappa shape index (κ3) is 3.57. The van der Waals surface area contributed by atoms with E-state index in [1.165, 1.54) is 0 Å². The minimum atomic E-state index is 0.0921. The number of halogens is 1. The van der Waals surface area contributed by atoms with Gasteiger partial charge in [-0.3, -0.25) is 4.79 Å². The first-order chi connectivity index (χ1) is 9.11. The molecule has 3 nitrogen and oxygen atoms in total. The molecule has 1 aliphatic heterocycles. The minimum Gasteiger partial charge on any atom is -0.376 e. The van der Waals surface area contributed by atoms with Crippen molar-refractivity contribution in [1.29, 1.82) is 0 Å². The molecule has 104 valence electrons. The molecular formula is C15H20BrNO2. The van der Waals surface area contributed by atoms with Gasteiger partial charge in [0.2, 0.25) is 0 Å². The van der Waals surface area contributed by atoms with Crippen LogP contribution < -0.4 is 4.90 Å². The average Bonchev–Trinajstić information content (AvgIpc) is 2.89. The molecule has 1 saturated heterocycles. The number of hydrogen-bond donors (Lipinski definition) is 0. The molecule has 1 aliphatic rings. The molecule has 0 saturated carbocycles. The van der Waals surface area contributed by atoms with E-state index in [-0.39, 0.29) is 5.78 Å². The van der Waals surface area contributed by atoms with E-state index in [0.717, 1.165) is 48.3 Å². The number of rotatable bonds is 5. The first-order valence-electron chi connectivity index (χ1n) is 6.79. The Morgan fingerprint density at radius 2 is 2.32 bits per heavy atom. The molecule has 0 spiro atoms. The number of hydrogen-bond acceptors (Lipinski definition) is 3. The summed E-state index contributed by atoms with van der Waals surface area (Å²) in [4.78, 5) is 13.7. The highest BCUT2D eigenvalue weighted by Crippen LogP contribution is 2.28. The Bertz CT molecular complexity index is 455. The molecule has 2 rings (SSSR count). The van der Waals surface area contributed by atoms with Crippen LogP contribution in [0, 0.1) is 0 Å². The molecule has 1 aromatic carbocycles. The molecule has 0 aliphatic carbocycles. The molecule has 1 atom stereocenters. The van der Waals surface area contributed by atoms with Crippen molar-refractivity contribution in [2.75, 3.05) is 24.6 Å². The van der Waals surface area contributed by atoms with Crippen molar-refractivity contribution >= 4 is 27.4 Å². The van der Waals surface area contributed by atoms with Gasteiger partial charge < -0.3 is 9.64 Å². The smallest absolute Gasteiger partial charge is 0.159 e. The summed E-state index contributed by atoms with van der Waals surface area (Å²) in [5.74, 6) is 0.0921. The maximum atomic E-state index is 11.4. The average molecular weight is 326 g/mol. The number of benzene rings is 1. The van der Waals surface area contributed by atoms with E-state index in [4.69, 9.17) is 4.74 Å². The monoisotopic (exact) mass is 325 g/mol. The second-order valence-electron chi connectivity index (χ2n) is 4.90. The lowest BCUT2D eigenvalue weighted by Gasteiger charge is -2.27. The van der Waals surface area contributed by atoms with Gasteiger partial charge in [0.25, 0.3) is 0 Å². The molecule has 1 unspecified atom stereocenters. The van der Waals surface area contributed by atoms with Crippen LogP contribution in [-0.2, 0) is 4.74 Å². The van der Waals surface area contributed by atoms with E-state index in [9.17, 15) is 4.79 Å². The molecule has 1 aromatic rings. The van der Waals surface area contributed by atoms with Crippen LogP contribution >= 0.6 is 15.9 Å². The van der Waals surface area contributed by atoms with Crippen LogP contribution in [0.1, 0.15) is 37.0 Å². The Balaban J connectivity index is 2.15. The second kappa shape index (κ2) is 6.53. The highest BCUT2D eigenvalue weighted by atomic mass is 79.9. The summed E-state index contributed by atoms with van der Waals surface area (Å²) >= 11 is 3.57. The highest BCUT2D eigenvalue weighted by Gasteiger charge is 2.20. The lowest BCUT2D eigenvalue weighted by Crippen LogP contribution is -2.32. The number of carbonyl (C=O) groups excluding carboxylic acids is 1. The predicted molar refractivity (Wildman–Crippen MR) is 81.0 cm³/mol. The van der Waals surface area contributed by atoms with Crippen molar-refractivity contribution < 1.29 is 9.53 Å². The van der Waals surface area contributed by atoms with Crippen molar-refractivity contribution in [1.82, 2.24) is 0 Å². The molecule has 0 amide bonds. The van der Waals surface area contributed by atoms with E-state index in [1.54, 1.807) is 6.92 Å². The number of nitrogens with zero attached hydrogens (tertiary/aromatic N) is 1. The summed E-state index contributed by atoms with van der Waals surface area (Å²) in [5, 5.41) is 0. The third-order valence-electron chi connectivity index (χ3n) is 3.52. The van der Waals surface area contributed by atoms with E-state index >= 15 is 0 Å². The van der Waals surface area contributed by atoms with Crippen LogP contribution in [0.15, 0.2) is 22.7 Å². The fourth-order valence-corrected chi connectivity index (χ4v) is 3.04. The van der Waals surface area contributed by atoms with Gasteiger partial charge >= 0.3 is 0 Å². The van der Waals surface area contributed by atoms with Crippen LogP contribution in [-0.4, -0.2) is 31.6 Å². The molecule has 0 bridgehead atoms. The second-order valence-corrected chi connectivity index (χ2v) is 5.75. The Hall–Kier alpha value is -0.870. The van der Waals surface area contributed by atoms with Crippen LogP contribution in [0.4, 0.5) is 5.69 Å². The molecular weight excluding hydrogens is 306 g/mol. The van der Waals surface area contributed by atoms with Crippen molar-refractivity contribution in [2.24, 2.45) is 0 Å². The van der Waals surface area contributed by atoms with Gasteiger partial charge in [-0.15, -0.1) is 0 Å². The van der Waals surface area contributed by atoms with Crippen LogP contribution in [0.25, 0.3) is 0 Å². The standard InChI is InChI=1S/C15H20BrNO2/c1-3-17(10-13-5-4-8-19-13)15-7-6-12(11(2)18)9-14(15)16/h6-7,9,13H,3-5,8,10H2,1-2H3. The fraction of sp³-hybridized carbons (Fsp3) is 0.533. The Morgan fingerprint density at radius 1 is 1.53 bits per heavy atom. The van der Waals surface area contributed by atoms with Crippen LogP contribution in [0.3, 0.4) is 0 Å². The summed E-state index contributed by atoms with van der Waals surface area (Å²) in [6.45, 7) is 6.45. The Morgan fingerprint density at radius 3 is 2.84 bits per heavy atom. The first-order valence-corrected chi connectivity index (χ1v) is 7.58. The van der Waals surface area contributed by atoms with Gasteiger partial charge in [0, 0.05) is 29.7 Å². The van der Waals surface area contributed by atoms with Crippen molar-refractivity contribution in [3.05, 3.63) is 28.2 Å². The topological polar surface area (TPSA) is 29.5 Å². The zero-order valence-corrected chi connectivity index (χ0v) is 13.1. The quantitative estimate of drug-likeness (QED) is 0.774. The lowest BCUT2D eigenvalue weighted by molar-refractivity contribution is 0.101. The predicted octanol–water partition coefficient (Wildman–Crippen LogP) is 3.66. The molecule has 0 radical (unpaired) electrons. The Labute approximate surface area is 123 Å². The summed E-state index contributed by atoms with van der Waals surface area (Å²) in [7, 11) is 0. The summed E-state index contributed by atoms with van der Waals surface area (Å²) in [6.07, 6.45) is 2.63. The molecule has 1 fully saturated rings. The van der Waals surface area contributed by atoms with Crippen LogP contribution in [0.5, 0.6) is 0 Å². The van der Waals surface area contributed by atoms with Gasteiger partial charge in [0.1, 0.15) is 0 Å². The number of likely N-dealkylation sites (N-methyl/N-ethyl adjacent to an activating group) is 1.